The fourth-order valence-electron chi connectivity index (χ4n) is 1.81. The molecule has 0 N–H and O–H groups in total. The number of aromatic nitrogens is 1. The zero-order chi connectivity index (χ0) is 13.0. The quantitative estimate of drug-likeness (QED) is 0.840. The van der Waals surface area contributed by atoms with E-state index < -0.39 is 0 Å². The summed E-state index contributed by atoms with van der Waals surface area (Å²) in [6.45, 7) is 1.21. The minimum Gasteiger partial charge on any atom is -0.298 e. The Morgan fingerprint density at radius 3 is 2.56 bits per heavy atom. The van der Waals surface area contributed by atoms with E-state index in [1.165, 1.54) is 6.07 Å². The monoisotopic (exact) mass is 264 g/mol. The lowest BCUT2D eigenvalue weighted by atomic mass is 10.2. The predicted octanol–water partition coefficient (Wildman–Crippen LogP) is 3.51. The summed E-state index contributed by atoms with van der Waals surface area (Å²) in [5, 5.41) is 0.469. The van der Waals surface area contributed by atoms with Crippen LogP contribution in [0.2, 0.25) is 5.02 Å². The maximum atomic E-state index is 13.6. The highest BCUT2D eigenvalue weighted by Gasteiger charge is 2.09. The van der Waals surface area contributed by atoms with Crippen LogP contribution in [0.15, 0.2) is 42.7 Å². The van der Waals surface area contributed by atoms with Crippen LogP contribution in [0.4, 0.5) is 4.39 Å². The van der Waals surface area contributed by atoms with Gasteiger partial charge in [-0.25, -0.2) is 4.39 Å². The van der Waals surface area contributed by atoms with Crippen LogP contribution in [0.3, 0.4) is 0 Å². The average molecular weight is 265 g/mol. The molecule has 0 fully saturated rings. The molecular formula is C14H14ClFN2. The molecule has 0 atom stereocenters. The van der Waals surface area contributed by atoms with Gasteiger partial charge in [-0.05, 0) is 36.9 Å². The second kappa shape index (κ2) is 5.94. The molecule has 4 heteroatoms. The molecule has 2 rings (SSSR count). The van der Waals surface area contributed by atoms with Crippen molar-refractivity contribution in [3.63, 3.8) is 0 Å². The largest absolute Gasteiger partial charge is 0.298 e. The Bertz CT molecular complexity index is 496. The van der Waals surface area contributed by atoms with Gasteiger partial charge in [0.1, 0.15) is 5.82 Å². The SMILES string of the molecule is CN(Cc1ccncc1)Cc1c(F)cccc1Cl. The fourth-order valence-corrected chi connectivity index (χ4v) is 2.03. The van der Waals surface area contributed by atoms with Gasteiger partial charge in [0.2, 0.25) is 0 Å². The Labute approximate surface area is 111 Å². The molecule has 1 heterocycles. The first kappa shape index (κ1) is 13.0. The number of pyridine rings is 1. The van der Waals surface area contributed by atoms with Gasteiger partial charge in [-0.15, -0.1) is 0 Å². The summed E-state index contributed by atoms with van der Waals surface area (Å²) in [5.74, 6) is -0.260. The first-order chi connectivity index (χ1) is 8.66. The van der Waals surface area contributed by atoms with Crippen LogP contribution in [0, 0.1) is 5.82 Å². The number of hydrogen-bond donors (Lipinski definition) is 0. The molecule has 2 aromatic rings. The van der Waals surface area contributed by atoms with Crippen molar-refractivity contribution in [2.24, 2.45) is 0 Å². The topological polar surface area (TPSA) is 16.1 Å². The molecule has 0 amide bonds. The Hall–Kier alpha value is -1.45. The second-order valence-electron chi connectivity index (χ2n) is 4.23. The number of benzene rings is 1. The van der Waals surface area contributed by atoms with E-state index in [9.17, 15) is 4.39 Å². The van der Waals surface area contributed by atoms with Gasteiger partial charge in [0.25, 0.3) is 0 Å². The summed E-state index contributed by atoms with van der Waals surface area (Å²) >= 11 is 6.00. The molecule has 1 aromatic carbocycles. The minimum absolute atomic E-state index is 0.260. The first-order valence-electron chi connectivity index (χ1n) is 5.67. The van der Waals surface area contributed by atoms with Crippen molar-refractivity contribution < 1.29 is 4.39 Å². The van der Waals surface area contributed by atoms with Crippen molar-refractivity contribution in [3.8, 4) is 0 Å². The van der Waals surface area contributed by atoms with Gasteiger partial charge in [0.05, 0.1) is 0 Å². The van der Waals surface area contributed by atoms with E-state index in [1.54, 1.807) is 24.5 Å². The standard InChI is InChI=1S/C14H14ClFN2/c1-18(9-11-5-7-17-8-6-11)10-12-13(15)3-2-4-14(12)16/h2-8H,9-10H2,1H3. The Morgan fingerprint density at radius 1 is 1.17 bits per heavy atom. The van der Waals surface area contributed by atoms with Crippen LogP contribution in [0.25, 0.3) is 0 Å². The molecule has 0 saturated heterocycles. The molecule has 0 aliphatic heterocycles. The van der Waals surface area contributed by atoms with Gasteiger partial charge in [0.15, 0.2) is 0 Å². The highest BCUT2D eigenvalue weighted by atomic mass is 35.5. The lowest BCUT2D eigenvalue weighted by Gasteiger charge is -2.17. The van der Waals surface area contributed by atoms with Gasteiger partial charge >= 0.3 is 0 Å². The molecular weight excluding hydrogens is 251 g/mol. The normalized spacial score (nSPS) is 10.9. The van der Waals surface area contributed by atoms with Gasteiger partial charge in [-0.3, -0.25) is 9.88 Å². The first-order valence-corrected chi connectivity index (χ1v) is 6.05. The lowest BCUT2D eigenvalue weighted by molar-refractivity contribution is 0.313. The molecule has 94 valence electrons. The van der Waals surface area contributed by atoms with E-state index in [4.69, 9.17) is 11.6 Å². The van der Waals surface area contributed by atoms with Crippen LogP contribution in [-0.2, 0) is 13.1 Å². The van der Waals surface area contributed by atoms with E-state index in [0.717, 1.165) is 12.1 Å². The van der Waals surface area contributed by atoms with Crippen molar-refractivity contribution in [2.75, 3.05) is 7.05 Å². The third kappa shape index (κ3) is 3.28. The van der Waals surface area contributed by atoms with Gasteiger partial charge in [0, 0.05) is 36.1 Å². The Morgan fingerprint density at radius 2 is 1.89 bits per heavy atom. The highest BCUT2D eigenvalue weighted by Crippen LogP contribution is 2.20. The van der Waals surface area contributed by atoms with Crippen molar-refractivity contribution in [1.29, 1.82) is 0 Å². The molecule has 0 aliphatic carbocycles. The van der Waals surface area contributed by atoms with Crippen LogP contribution < -0.4 is 0 Å². The van der Waals surface area contributed by atoms with Crippen LogP contribution >= 0.6 is 11.6 Å². The molecule has 18 heavy (non-hydrogen) atoms. The number of rotatable bonds is 4. The van der Waals surface area contributed by atoms with Crippen LogP contribution in [0.5, 0.6) is 0 Å². The Kier molecular flexibility index (Phi) is 4.28. The fraction of sp³-hybridized carbons (Fsp3) is 0.214. The molecule has 0 spiro atoms. The van der Waals surface area contributed by atoms with Crippen molar-refractivity contribution >= 4 is 11.6 Å². The third-order valence-corrected chi connectivity index (χ3v) is 3.05. The zero-order valence-electron chi connectivity index (χ0n) is 10.1. The van der Waals surface area contributed by atoms with E-state index in [-0.39, 0.29) is 5.82 Å². The van der Waals surface area contributed by atoms with E-state index in [1.807, 2.05) is 24.1 Å². The maximum absolute atomic E-state index is 13.6. The predicted molar refractivity (Wildman–Crippen MR) is 70.8 cm³/mol. The molecule has 0 aliphatic rings. The smallest absolute Gasteiger partial charge is 0.129 e. The maximum Gasteiger partial charge on any atom is 0.129 e. The summed E-state index contributed by atoms with van der Waals surface area (Å²) in [5.41, 5.74) is 1.68. The van der Waals surface area contributed by atoms with Gasteiger partial charge < -0.3 is 0 Å². The minimum atomic E-state index is -0.260. The van der Waals surface area contributed by atoms with Crippen molar-refractivity contribution in [3.05, 3.63) is 64.7 Å². The second-order valence-corrected chi connectivity index (χ2v) is 4.64. The Balaban J connectivity index is 2.06. The molecule has 1 aromatic heterocycles. The molecule has 0 saturated carbocycles. The number of nitrogens with zero attached hydrogens (tertiary/aromatic N) is 2. The van der Waals surface area contributed by atoms with Crippen LogP contribution in [0.1, 0.15) is 11.1 Å². The molecule has 0 unspecified atom stereocenters. The number of halogens is 2. The summed E-state index contributed by atoms with van der Waals surface area (Å²) in [6, 6.07) is 8.64. The van der Waals surface area contributed by atoms with Crippen molar-refractivity contribution in [2.45, 2.75) is 13.1 Å². The average Bonchev–Trinajstić information content (AvgIpc) is 2.35. The van der Waals surface area contributed by atoms with E-state index >= 15 is 0 Å². The number of hydrogen-bond acceptors (Lipinski definition) is 2. The highest BCUT2D eigenvalue weighted by molar-refractivity contribution is 6.31. The van der Waals surface area contributed by atoms with Crippen molar-refractivity contribution in [1.82, 2.24) is 9.88 Å². The summed E-state index contributed by atoms with van der Waals surface area (Å²) < 4.78 is 13.6. The summed E-state index contributed by atoms with van der Waals surface area (Å²) in [7, 11) is 1.93. The third-order valence-electron chi connectivity index (χ3n) is 2.69. The van der Waals surface area contributed by atoms with Gasteiger partial charge in [-0.1, -0.05) is 17.7 Å². The van der Waals surface area contributed by atoms with E-state index in [0.29, 0.717) is 17.1 Å². The summed E-state index contributed by atoms with van der Waals surface area (Å²) in [6.07, 6.45) is 3.50. The molecule has 0 bridgehead atoms. The van der Waals surface area contributed by atoms with Crippen LogP contribution in [-0.4, -0.2) is 16.9 Å². The zero-order valence-corrected chi connectivity index (χ0v) is 10.9. The molecule has 0 radical (unpaired) electrons. The summed E-state index contributed by atoms with van der Waals surface area (Å²) in [4.78, 5) is 5.98. The van der Waals surface area contributed by atoms with Gasteiger partial charge in [-0.2, -0.15) is 0 Å². The lowest BCUT2D eigenvalue weighted by Crippen LogP contribution is -2.18. The molecule has 2 nitrogen and oxygen atoms in total. The van der Waals surface area contributed by atoms with E-state index in [2.05, 4.69) is 4.98 Å².